The van der Waals surface area contributed by atoms with E-state index in [0.29, 0.717) is 28.9 Å². The van der Waals surface area contributed by atoms with Crippen molar-refractivity contribution in [3.8, 4) is 5.75 Å². The molecule has 96 valence electrons. The Labute approximate surface area is 116 Å². The second-order valence-corrected chi connectivity index (χ2v) is 4.61. The molecule has 0 saturated heterocycles. The van der Waals surface area contributed by atoms with E-state index < -0.39 is 0 Å². The lowest BCUT2D eigenvalue weighted by Crippen LogP contribution is -2.03. The number of ether oxygens (including phenoxy) is 1. The van der Waals surface area contributed by atoms with Crippen LogP contribution in [0.1, 0.15) is 11.5 Å². The van der Waals surface area contributed by atoms with E-state index in [9.17, 15) is 0 Å². The molecule has 0 radical (unpaired) electrons. The molecule has 0 aliphatic heterocycles. The van der Waals surface area contributed by atoms with Gasteiger partial charge in [-0.05, 0) is 37.4 Å². The number of hydrogen-bond acceptors (Lipinski definition) is 3. The van der Waals surface area contributed by atoms with E-state index >= 15 is 0 Å². The highest BCUT2D eigenvalue weighted by molar-refractivity contribution is 6.35. The third-order valence-corrected chi connectivity index (χ3v) is 2.86. The predicted octanol–water partition coefficient (Wildman–Crippen LogP) is 3.88. The highest BCUT2D eigenvalue weighted by Gasteiger charge is 2.05. The van der Waals surface area contributed by atoms with Crippen LogP contribution in [0.5, 0.6) is 5.75 Å². The monoisotopic (exact) mass is 285 g/mol. The lowest BCUT2D eigenvalue weighted by Gasteiger charge is -2.06. The van der Waals surface area contributed by atoms with Crippen LogP contribution in [-0.2, 0) is 13.2 Å². The van der Waals surface area contributed by atoms with Crippen molar-refractivity contribution >= 4 is 23.2 Å². The second kappa shape index (κ2) is 6.14. The molecule has 0 unspecified atom stereocenters. The van der Waals surface area contributed by atoms with Crippen molar-refractivity contribution in [2.24, 2.45) is 0 Å². The Morgan fingerprint density at radius 2 is 1.94 bits per heavy atom. The van der Waals surface area contributed by atoms with Gasteiger partial charge >= 0.3 is 0 Å². The molecule has 18 heavy (non-hydrogen) atoms. The van der Waals surface area contributed by atoms with Gasteiger partial charge in [0.2, 0.25) is 0 Å². The van der Waals surface area contributed by atoms with Gasteiger partial charge < -0.3 is 14.5 Å². The van der Waals surface area contributed by atoms with Crippen LogP contribution in [0.2, 0.25) is 10.0 Å². The van der Waals surface area contributed by atoms with E-state index in [4.69, 9.17) is 32.4 Å². The van der Waals surface area contributed by atoms with Crippen molar-refractivity contribution < 1.29 is 9.15 Å². The van der Waals surface area contributed by atoms with E-state index in [-0.39, 0.29) is 0 Å². The van der Waals surface area contributed by atoms with Crippen molar-refractivity contribution in [2.75, 3.05) is 7.05 Å². The van der Waals surface area contributed by atoms with Gasteiger partial charge in [-0.1, -0.05) is 23.2 Å². The largest absolute Gasteiger partial charge is 0.484 e. The van der Waals surface area contributed by atoms with Crippen LogP contribution < -0.4 is 10.1 Å². The van der Waals surface area contributed by atoms with E-state index in [1.54, 1.807) is 18.2 Å². The molecule has 0 spiro atoms. The van der Waals surface area contributed by atoms with Crippen LogP contribution >= 0.6 is 23.2 Å². The van der Waals surface area contributed by atoms with Crippen LogP contribution in [0.3, 0.4) is 0 Å². The summed E-state index contributed by atoms with van der Waals surface area (Å²) < 4.78 is 11.1. The number of benzene rings is 1. The molecule has 0 atom stereocenters. The summed E-state index contributed by atoms with van der Waals surface area (Å²) in [4.78, 5) is 0. The van der Waals surface area contributed by atoms with Gasteiger partial charge in [-0.15, -0.1) is 0 Å². The molecule has 0 bridgehead atoms. The van der Waals surface area contributed by atoms with Crippen LogP contribution in [0.25, 0.3) is 0 Å². The standard InChI is InChI=1S/C13H13Cl2NO2/c1-16-7-10-3-4-11(18-10)8-17-13-5-2-9(14)6-12(13)15/h2-6,16H,7-8H2,1H3. The lowest BCUT2D eigenvalue weighted by atomic mass is 10.3. The molecule has 2 aromatic rings. The van der Waals surface area contributed by atoms with Crippen molar-refractivity contribution in [3.05, 3.63) is 51.9 Å². The Morgan fingerprint density at radius 1 is 1.17 bits per heavy atom. The Bertz CT molecular complexity index is 525. The summed E-state index contributed by atoms with van der Waals surface area (Å²) in [6.45, 7) is 1.03. The zero-order chi connectivity index (χ0) is 13.0. The molecule has 0 fully saturated rings. The van der Waals surface area contributed by atoms with Gasteiger partial charge in [-0.2, -0.15) is 0 Å². The number of nitrogens with one attached hydrogen (secondary N) is 1. The van der Waals surface area contributed by atoms with Crippen LogP contribution in [0.15, 0.2) is 34.7 Å². The first-order valence-electron chi connectivity index (χ1n) is 5.49. The topological polar surface area (TPSA) is 34.4 Å². The minimum atomic E-state index is 0.338. The number of furan rings is 1. The number of hydrogen-bond donors (Lipinski definition) is 1. The van der Waals surface area contributed by atoms with Gasteiger partial charge in [0.15, 0.2) is 0 Å². The quantitative estimate of drug-likeness (QED) is 0.905. The maximum absolute atomic E-state index is 6.00. The summed E-state index contributed by atoms with van der Waals surface area (Å²) in [7, 11) is 1.87. The zero-order valence-electron chi connectivity index (χ0n) is 9.87. The summed E-state index contributed by atoms with van der Waals surface area (Å²) in [5, 5.41) is 4.09. The second-order valence-electron chi connectivity index (χ2n) is 3.76. The molecule has 1 heterocycles. The van der Waals surface area contributed by atoms with Gasteiger partial charge in [-0.3, -0.25) is 0 Å². The van der Waals surface area contributed by atoms with Crippen LogP contribution in [0, 0.1) is 0 Å². The Morgan fingerprint density at radius 3 is 2.67 bits per heavy atom. The van der Waals surface area contributed by atoms with Crippen LogP contribution in [-0.4, -0.2) is 7.05 Å². The van der Waals surface area contributed by atoms with Gasteiger partial charge in [-0.25, -0.2) is 0 Å². The normalized spacial score (nSPS) is 10.6. The summed E-state index contributed by atoms with van der Waals surface area (Å²) in [5.41, 5.74) is 0. The molecule has 2 rings (SSSR count). The van der Waals surface area contributed by atoms with Crippen LogP contribution in [0.4, 0.5) is 0 Å². The van der Waals surface area contributed by atoms with Gasteiger partial charge in [0.05, 0.1) is 11.6 Å². The molecule has 1 aromatic heterocycles. The molecule has 0 aliphatic carbocycles. The first-order chi connectivity index (χ1) is 8.69. The third kappa shape index (κ3) is 3.42. The lowest BCUT2D eigenvalue weighted by molar-refractivity contribution is 0.265. The van der Waals surface area contributed by atoms with Gasteiger partial charge in [0.1, 0.15) is 23.9 Å². The first-order valence-corrected chi connectivity index (χ1v) is 6.24. The van der Waals surface area contributed by atoms with E-state index in [1.807, 2.05) is 19.2 Å². The molecule has 1 N–H and O–H groups in total. The zero-order valence-corrected chi connectivity index (χ0v) is 11.4. The molecule has 0 amide bonds. The molecule has 0 aliphatic rings. The molecule has 3 nitrogen and oxygen atoms in total. The number of halogens is 2. The summed E-state index contributed by atoms with van der Waals surface area (Å²) in [5.74, 6) is 2.22. The van der Waals surface area contributed by atoms with Crippen molar-refractivity contribution in [1.82, 2.24) is 5.32 Å². The summed E-state index contributed by atoms with van der Waals surface area (Å²) >= 11 is 11.8. The molecular formula is C13H13Cl2NO2. The first kappa shape index (κ1) is 13.3. The Hall–Kier alpha value is -1.16. The number of rotatable bonds is 5. The van der Waals surface area contributed by atoms with Crippen molar-refractivity contribution in [3.63, 3.8) is 0 Å². The van der Waals surface area contributed by atoms with E-state index in [2.05, 4.69) is 5.32 Å². The van der Waals surface area contributed by atoms with E-state index in [0.717, 1.165) is 11.5 Å². The molecule has 1 aromatic carbocycles. The smallest absolute Gasteiger partial charge is 0.146 e. The minimum Gasteiger partial charge on any atom is -0.484 e. The SMILES string of the molecule is CNCc1ccc(COc2ccc(Cl)cc2Cl)o1. The Balaban J connectivity index is 1.97. The predicted molar refractivity (Wildman–Crippen MR) is 72.3 cm³/mol. The fourth-order valence-corrected chi connectivity index (χ4v) is 1.97. The highest BCUT2D eigenvalue weighted by atomic mass is 35.5. The minimum absolute atomic E-state index is 0.338. The Kier molecular flexibility index (Phi) is 4.53. The maximum atomic E-state index is 6.00. The summed E-state index contributed by atoms with van der Waals surface area (Å²) in [6.07, 6.45) is 0. The summed E-state index contributed by atoms with van der Waals surface area (Å²) in [6, 6.07) is 8.92. The third-order valence-electron chi connectivity index (χ3n) is 2.33. The van der Waals surface area contributed by atoms with Crippen molar-refractivity contribution in [2.45, 2.75) is 13.2 Å². The average molecular weight is 286 g/mol. The molecule has 5 heteroatoms. The van der Waals surface area contributed by atoms with Gasteiger partial charge in [0.25, 0.3) is 0 Å². The van der Waals surface area contributed by atoms with E-state index in [1.165, 1.54) is 0 Å². The van der Waals surface area contributed by atoms with Gasteiger partial charge in [0, 0.05) is 5.02 Å². The maximum Gasteiger partial charge on any atom is 0.146 e. The fourth-order valence-electron chi connectivity index (χ4n) is 1.51. The fraction of sp³-hybridized carbons (Fsp3) is 0.231. The highest BCUT2D eigenvalue weighted by Crippen LogP contribution is 2.28. The molecular weight excluding hydrogens is 273 g/mol. The molecule has 0 saturated carbocycles. The van der Waals surface area contributed by atoms with Crippen molar-refractivity contribution in [1.29, 1.82) is 0 Å². The average Bonchev–Trinajstić information content (AvgIpc) is 2.76.